The van der Waals surface area contributed by atoms with E-state index in [1.807, 2.05) is 61.5 Å². The van der Waals surface area contributed by atoms with E-state index in [9.17, 15) is 4.79 Å². The lowest BCUT2D eigenvalue weighted by molar-refractivity contribution is -0.178. The van der Waals surface area contributed by atoms with Crippen LogP contribution in [0.5, 0.6) is 11.5 Å². The lowest BCUT2D eigenvalue weighted by Gasteiger charge is -2.37. The summed E-state index contributed by atoms with van der Waals surface area (Å²) in [7, 11) is 1.65. The van der Waals surface area contributed by atoms with Gasteiger partial charge in [-0.15, -0.1) is 0 Å². The standard InChI is InChI=1S/C38H43N7O5/c1-4-28(2)45-37(46)44(27-41-45)33-9-7-31(8-10-33)42-19-21-43(22-20-42)32-11-15-35(16-12-32)48-25-36-26-49-38(50-36,23-29-17-18-39-40-24-29)30-5-13-34(47-3)14-6-30/h5-18,24,27-28,36H,4,19-23,25-26H2,1-3H3/t28?,36-,38+/m1/s1. The number of hydrogen-bond acceptors (Lipinski definition) is 10. The molecule has 12 heteroatoms. The zero-order valence-corrected chi connectivity index (χ0v) is 28.7. The van der Waals surface area contributed by atoms with E-state index in [4.69, 9.17) is 18.9 Å². The summed E-state index contributed by atoms with van der Waals surface area (Å²) in [5.74, 6) is 0.587. The molecule has 7 rings (SSSR count). The molecule has 12 nitrogen and oxygen atoms in total. The summed E-state index contributed by atoms with van der Waals surface area (Å²) in [5.41, 5.74) is 4.88. The maximum absolute atomic E-state index is 12.8. The molecule has 260 valence electrons. The number of aromatic nitrogens is 5. The molecule has 3 aromatic carbocycles. The normalized spacial score (nSPS) is 19.8. The number of hydrogen-bond donors (Lipinski definition) is 0. The number of rotatable bonds is 12. The monoisotopic (exact) mass is 677 g/mol. The highest BCUT2D eigenvalue weighted by atomic mass is 16.8. The zero-order valence-electron chi connectivity index (χ0n) is 28.7. The van der Waals surface area contributed by atoms with E-state index in [0.29, 0.717) is 19.6 Å². The molecule has 0 saturated carbocycles. The van der Waals surface area contributed by atoms with Crippen LogP contribution in [0.2, 0.25) is 0 Å². The van der Waals surface area contributed by atoms with Gasteiger partial charge in [0.1, 0.15) is 30.5 Å². The molecule has 2 aliphatic heterocycles. The van der Waals surface area contributed by atoms with E-state index < -0.39 is 5.79 Å². The van der Waals surface area contributed by atoms with Gasteiger partial charge < -0.3 is 28.7 Å². The van der Waals surface area contributed by atoms with Crippen LogP contribution in [0.3, 0.4) is 0 Å². The van der Waals surface area contributed by atoms with Crippen LogP contribution in [0.25, 0.3) is 5.69 Å². The topological polar surface area (TPSA) is 109 Å². The molecule has 2 saturated heterocycles. The second-order valence-electron chi connectivity index (χ2n) is 12.7. The molecule has 1 unspecified atom stereocenters. The summed E-state index contributed by atoms with van der Waals surface area (Å²) >= 11 is 0. The van der Waals surface area contributed by atoms with E-state index in [1.165, 1.54) is 0 Å². The van der Waals surface area contributed by atoms with E-state index in [2.05, 4.69) is 56.3 Å². The molecule has 0 aliphatic carbocycles. The summed E-state index contributed by atoms with van der Waals surface area (Å²) in [6.45, 7) is 8.41. The molecule has 50 heavy (non-hydrogen) atoms. The van der Waals surface area contributed by atoms with Crippen molar-refractivity contribution in [3.63, 3.8) is 0 Å². The van der Waals surface area contributed by atoms with Crippen molar-refractivity contribution < 1.29 is 18.9 Å². The Hall–Kier alpha value is -5.20. The van der Waals surface area contributed by atoms with Gasteiger partial charge in [0, 0.05) is 55.7 Å². The molecule has 0 radical (unpaired) electrons. The Bertz CT molecular complexity index is 1890. The maximum atomic E-state index is 12.8. The van der Waals surface area contributed by atoms with Gasteiger partial charge in [-0.2, -0.15) is 15.3 Å². The minimum absolute atomic E-state index is 0.0686. The summed E-state index contributed by atoms with van der Waals surface area (Å²) in [5, 5.41) is 12.2. The van der Waals surface area contributed by atoms with Gasteiger partial charge in [-0.25, -0.2) is 14.0 Å². The molecule has 0 N–H and O–H groups in total. The summed E-state index contributed by atoms with van der Waals surface area (Å²) < 4.78 is 27.6. The van der Waals surface area contributed by atoms with Crippen LogP contribution in [-0.4, -0.2) is 77.2 Å². The van der Waals surface area contributed by atoms with Crippen LogP contribution in [0.15, 0.2) is 102 Å². The third-order valence-electron chi connectivity index (χ3n) is 9.58. The Morgan fingerprint density at radius 3 is 2.12 bits per heavy atom. The van der Waals surface area contributed by atoms with Crippen molar-refractivity contribution in [2.45, 2.75) is 44.6 Å². The second-order valence-corrected chi connectivity index (χ2v) is 12.7. The molecule has 5 aromatic rings. The number of benzene rings is 3. The fourth-order valence-corrected chi connectivity index (χ4v) is 6.49. The fourth-order valence-electron chi connectivity index (χ4n) is 6.49. The highest BCUT2D eigenvalue weighted by Gasteiger charge is 2.44. The first-order valence-corrected chi connectivity index (χ1v) is 17.2. The summed E-state index contributed by atoms with van der Waals surface area (Å²) in [4.78, 5) is 17.6. The van der Waals surface area contributed by atoms with E-state index in [-0.39, 0.29) is 17.8 Å². The van der Waals surface area contributed by atoms with Crippen LogP contribution in [-0.2, 0) is 21.7 Å². The van der Waals surface area contributed by atoms with Crippen LogP contribution in [0, 0.1) is 0 Å². The van der Waals surface area contributed by atoms with Crippen molar-refractivity contribution in [2.24, 2.45) is 0 Å². The summed E-state index contributed by atoms with van der Waals surface area (Å²) in [6, 6.07) is 26.2. The second kappa shape index (κ2) is 14.7. The van der Waals surface area contributed by atoms with Gasteiger partial charge in [0.25, 0.3) is 0 Å². The molecule has 2 aromatic heterocycles. The molecule has 3 atom stereocenters. The Morgan fingerprint density at radius 2 is 1.50 bits per heavy atom. The maximum Gasteiger partial charge on any atom is 0.350 e. The molecular weight excluding hydrogens is 634 g/mol. The van der Waals surface area contributed by atoms with Gasteiger partial charge in [0.15, 0.2) is 5.79 Å². The fraction of sp³-hybridized carbons (Fsp3) is 0.368. The zero-order chi connectivity index (χ0) is 34.5. The molecular formula is C38H43N7O5. The Morgan fingerprint density at radius 1 is 0.860 bits per heavy atom. The van der Waals surface area contributed by atoms with Gasteiger partial charge in [-0.3, -0.25) is 0 Å². The van der Waals surface area contributed by atoms with Gasteiger partial charge in [-0.1, -0.05) is 6.92 Å². The van der Waals surface area contributed by atoms with Crippen LogP contribution >= 0.6 is 0 Å². The summed E-state index contributed by atoms with van der Waals surface area (Å²) in [6.07, 6.45) is 6.10. The number of nitrogens with zero attached hydrogens (tertiary/aromatic N) is 7. The number of methoxy groups -OCH3 is 1. The van der Waals surface area contributed by atoms with E-state index >= 15 is 0 Å². The first-order chi connectivity index (χ1) is 24.4. The van der Waals surface area contributed by atoms with Gasteiger partial charge in [0.05, 0.1) is 31.6 Å². The number of piperazine rings is 1. The highest BCUT2D eigenvalue weighted by molar-refractivity contribution is 5.54. The smallest absolute Gasteiger partial charge is 0.350 e. The van der Waals surface area contributed by atoms with E-state index in [0.717, 1.165) is 72.3 Å². The Balaban J connectivity index is 0.922. The van der Waals surface area contributed by atoms with Gasteiger partial charge in [-0.05, 0) is 97.8 Å². The van der Waals surface area contributed by atoms with Crippen molar-refractivity contribution in [1.82, 2.24) is 24.5 Å². The van der Waals surface area contributed by atoms with Crippen LogP contribution < -0.4 is 25.0 Å². The largest absolute Gasteiger partial charge is 0.497 e. The van der Waals surface area contributed by atoms with Crippen molar-refractivity contribution in [2.75, 3.05) is 56.3 Å². The van der Waals surface area contributed by atoms with Crippen molar-refractivity contribution in [1.29, 1.82) is 0 Å². The SMILES string of the molecule is CCC(C)n1ncn(-c2ccc(N3CCN(c4ccc(OC[C@@H]5CO[C@](Cc6ccnnc6)(c6ccc(OC)cc6)O5)cc4)CC3)cc2)c1=O. The molecule has 2 aliphatic rings. The van der Waals surface area contributed by atoms with Gasteiger partial charge >= 0.3 is 5.69 Å². The Kier molecular flexibility index (Phi) is 9.81. The lowest BCUT2D eigenvalue weighted by atomic mass is 9.98. The average Bonchev–Trinajstić information content (AvgIpc) is 3.78. The predicted octanol–water partition coefficient (Wildman–Crippen LogP) is 5.02. The average molecular weight is 678 g/mol. The minimum atomic E-state index is -0.964. The lowest BCUT2D eigenvalue weighted by Crippen LogP contribution is -2.46. The molecule has 0 spiro atoms. The third-order valence-corrected chi connectivity index (χ3v) is 9.58. The van der Waals surface area contributed by atoms with E-state index in [1.54, 1.807) is 35.1 Å². The molecule has 0 bridgehead atoms. The first-order valence-electron chi connectivity index (χ1n) is 17.2. The molecule has 0 amide bonds. The molecule has 2 fully saturated rings. The Labute approximate surface area is 291 Å². The van der Waals surface area contributed by atoms with Gasteiger partial charge in [0.2, 0.25) is 0 Å². The highest BCUT2D eigenvalue weighted by Crippen LogP contribution is 2.38. The number of anilines is 2. The first kappa shape index (κ1) is 33.3. The van der Waals surface area contributed by atoms with Crippen molar-refractivity contribution in [3.8, 4) is 17.2 Å². The minimum Gasteiger partial charge on any atom is -0.497 e. The van der Waals surface area contributed by atoms with Crippen LogP contribution in [0.1, 0.15) is 37.4 Å². The quantitative estimate of drug-likeness (QED) is 0.179. The predicted molar refractivity (Wildman–Crippen MR) is 190 cm³/mol. The van der Waals surface area contributed by atoms with Crippen molar-refractivity contribution in [3.05, 3.63) is 119 Å². The van der Waals surface area contributed by atoms with Crippen molar-refractivity contribution >= 4 is 11.4 Å². The number of ether oxygens (including phenoxy) is 4. The van der Waals surface area contributed by atoms with Crippen LogP contribution in [0.4, 0.5) is 11.4 Å². The third kappa shape index (κ3) is 7.08. The molecule has 4 heterocycles.